The quantitative estimate of drug-likeness (QED) is 0.304. The number of fused-ring (bicyclic) bond motifs is 1. The van der Waals surface area contributed by atoms with Gasteiger partial charge in [-0.15, -0.1) is 0 Å². The molecule has 0 radical (unpaired) electrons. The number of benzene rings is 3. The van der Waals surface area contributed by atoms with Crippen molar-refractivity contribution < 1.29 is 13.2 Å². The molecule has 0 unspecified atom stereocenters. The first-order valence-corrected chi connectivity index (χ1v) is 13.9. The highest BCUT2D eigenvalue weighted by molar-refractivity contribution is 9.10. The van der Waals surface area contributed by atoms with E-state index in [0.717, 1.165) is 20.3 Å². The van der Waals surface area contributed by atoms with Crippen LogP contribution in [0, 0.1) is 0 Å². The van der Waals surface area contributed by atoms with Gasteiger partial charge in [0.15, 0.2) is 4.80 Å². The van der Waals surface area contributed by atoms with E-state index in [1.165, 1.54) is 39.9 Å². The van der Waals surface area contributed by atoms with Gasteiger partial charge in [0, 0.05) is 29.7 Å². The standard InChI is InChI=1S/C25H24BrN3O3S2/c1-3-28(17-18-8-6-5-7-9-18)34(31,32)21-13-10-19(11-14-21)24(30)27-25-29(4-2)22-15-12-20(26)16-23(22)33-25/h5-16H,3-4,17H2,1-2H3. The van der Waals surface area contributed by atoms with E-state index in [4.69, 9.17) is 0 Å². The SMILES string of the molecule is CCN(Cc1ccccc1)S(=O)(=O)c1ccc(C(=O)N=c2sc3cc(Br)ccc3n2CC)cc1. The van der Waals surface area contributed by atoms with Crippen molar-refractivity contribution in [3.05, 3.63) is 93.2 Å². The molecule has 0 saturated heterocycles. The fourth-order valence-corrected chi connectivity index (χ4v) is 6.74. The van der Waals surface area contributed by atoms with Gasteiger partial charge in [-0.3, -0.25) is 4.79 Å². The molecule has 9 heteroatoms. The number of carbonyl (C=O) groups excluding carboxylic acids is 1. The zero-order chi connectivity index (χ0) is 24.3. The number of hydrogen-bond acceptors (Lipinski definition) is 4. The lowest BCUT2D eigenvalue weighted by Crippen LogP contribution is -2.30. The summed E-state index contributed by atoms with van der Waals surface area (Å²) in [6.07, 6.45) is 0. The number of amides is 1. The van der Waals surface area contributed by atoms with Gasteiger partial charge >= 0.3 is 0 Å². The van der Waals surface area contributed by atoms with Gasteiger partial charge in [-0.1, -0.05) is 64.5 Å². The van der Waals surface area contributed by atoms with Gasteiger partial charge in [-0.05, 0) is 55.0 Å². The van der Waals surface area contributed by atoms with Crippen LogP contribution in [0.15, 0.2) is 87.2 Å². The van der Waals surface area contributed by atoms with E-state index in [1.54, 1.807) is 0 Å². The van der Waals surface area contributed by atoms with Crippen LogP contribution in [-0.4, -0.2) is 29.7 Å². The lowest BCUT2D eigenvalue weighted by Gasteiger charge is -2.20. The second-order valence-corrected chi connectivity index (χ2v) is 11.5. The van der Waals surface area contributed by atoms with Crippen molar-refractivity contribution in [1.29, 1.82) is 0 Å². The molecule has 0 aliphatic carbocycles. The highest BCUT2D eigenvalue weighted by Gasteiger charge is 2.23. The predicted octanol–water partition coefficient (Wildman–Crippen LogP) is 5.44. The van der Waals surface area contributed by atoms with Crippen LogP contribution in [0.3, 0.4) is 0 Å². The molecule has 3 aromatic carbocycles. The molecule has 0 saturated carbocycles. The highest BCUT2D eigenvalue weighted by atomic mass is 79.9. The Bertz CT molecular complexity index is 1490. The minimum Gasteiger partial charge on any atom is -0.317 e. The predicted molar refractivity (Wildman–Crippen MR) is 139 cm³/mol. The zero-order valence-electron chi connectivity index (χ0n) is 18.8. The number of carbonyl (C=O) groups is 1. The smallest absolute Gasteiger partial charge is 0.279 e. The van der Waals surface area contributed by atoms with Crippen molar-refractivity contribution >= 4 is 53.4 Å². The lowest BCUT2D eigenvalue weighted by atomic mass is 10.2. The Kier molecular flexibility index (Phi) is 7.47. The van der Waals surface area contributed by atoms with E-state index in [9.17, 15) is 13.2 Å². The molecule has 0 N–H and O–H groups in total. The number of aryl methyl sites for hydroxylation is 1. The van der Waals surface area contributed by atoms with Crippen molar-refractivity contribution in [3.63, 3.8) is 0 Å². The fraction of sp³-hybridized carbons (Fsp3) is 0.200. The molecule has 0 fully saturated rings. The fourth-order valence-electron chi connectivity index (χ4n) is 3.66. The molecule has 0 atom stereocenters. The molecule has 176 valence electrons. The number of halogens is 1. The number of rotatable bonds is 7. The number of sulfonamides is 1. The number of thiazole rings is 1. The third-order valence-electron chi connectivity index (χ3n) is 5.45. The van der Waals surface area contributed by atoms with Gasteiger partial charge in [0.25, 0.3) is 5.91 Å². The summed E-state index contributed by atoms with van der Waals surface area (Å²) in [6.45, 7) is 5.12. The van der Waals surface area contributed by atoms with Crippen LogP contribution in [-0.2, 0) is 23.1 Å². The van der Waals surface area contributed by atoms with Gasteiger partial charge in [0.2, 0.25) is 10.0 Å². The van der Waals surface area contributed by atoms with E-state index in [-0.39, 0.29) is 11.4 Å². The summed E-state index contributed by atoms with van der Waals surface area (Å²) < 4.78 is 31.7. The average Bonchev–Trinajstić information content (AvgIpc) is 3.18. The molecule has 6 nitrogen and oxygen atoms in total. The van der Waals surface area contributed by atoms with Crippen molar-refractivity contribution in [2.24, 2.45) is 4.99 Å². The van der Waals surface area contributed by atoms with Crippen LogP contribution in [0.1, 0.15) is 29.8 Å². The zero-order valence-corrected chi connectivity index (χ0v) is 22.0. The van der Waals surface area contributed by atoms with Gasteiger partial charge in [0.05, 0.1) is 15.1 Å². The van der Waals surface area contributed by atoms with Crippen molar-refractivity contribution in [2.45, 2.75) is 31.8 Å². The average molecular weight is 559 g/mol. The molecule has 0 spiro atoms. The summed E-state index contributed by atoms with van der Waals surface area (Å²) in [5.74, 6) is -0.409. The molecule has 1 heterocycles. The van der Waals surface area contributed by atoms with Crippen molar-refractivity contribution in [1.82, 2.24) is 8.87 Å². The monoisotopic (exact) mass is 557 g/mol. The molecular weight excluding hydrogens is 534 g/mol. The second-order valence-electron chi connectivity index (χ2n) is 7.60. The van der Waals surface area contributed by atoms with E-state index in [1.807, 2.05) is 66.9 Å². The second kappa shape index (κ2) is 10.4. The molecule has 0 aliphatic heterocycles. The van der Waals surface area contributed by atoms with E-state index >= 15 is 0 Å². The lowest BCUT2D eigenvalue weighted by molar-refractivity contribution is 0.0997. The maximum atomic E-state index is 13.2. The van der Waals surface area contributed by atoms with Crippen LogP contribution in [0.2, 0.25) is 0 Å². The van der Waals surface area contributed by atoms with Crippen LogP contribution < -0.4 is 4.80 Å². The van der Waals surface area contributed by atoms with E-state index in [0.29, 0.717) is 23.5 Å². The molecule has 0 bridgehead atoms. The molecule has 0 aliphatic rings. The summed E-state index contributed by atoms with van der Waals surface area (Å²) in [5, 5.41) is 0. The van der Waals surface area contributed by atoms with Crippen molar-refractivity contribution in [3.8, 4) is 0 Å². The summed E-state index contributed by atoms with van der Waals surface area (Å²) in [4.78, 5) is 18.0. The van der Waals surface area contributed by atoms with E-state index in [2.05, 4.69) is 20.9 Å². The Morgan fingerprint density at radius 3 is 2.38 bits per heavy atom. The molecular formula is C25H24BrN3O3S2. The number of aromatic nitrogens is 1. The Balaban J connectivity index is 1.61. The van der Waals surface area contributed by atoms with Gasteiger partial charge in [0.1, 0.15) is 0 Å². The topological polar surface area (TPSA) is 71.7 Å². The first-order valence-electron chi connectivity index (χ1n) is 10.9. The van der Waals surface area contributed by atoms with Crippen molar-refractivity contribution in [2.75, 3.05) is 6.54 Å². The number of nitrogens with zero attached hydrogens (tertiary/aromatic N) is 3. The first kappa shape index (κ1) is 24.5. The van der Waals surface area contributed by atoms with Crippen LogP contribution in [0.4, 0.5) is 0 Å². The van der Waals surface area contributed by atoms with Crippen LogP contribution in [0.5, 0.6) is 0 Å². The van der Waals surface area contributed by atoms with Gasteiger partial charge < -0.3 is 4.57 Å². The number of hydrogen-bond donors (Lipinski definition) is 0. The van der Waals surface area contributed by atoms with Crippen LogP contribution in [0.25, 0.3) is 10.2 Å². The highest BCUT2D eigenvalue weighted by Crippen LogP contribution is 2.23. The first-order chi connectivity index (χ1) is 16.3. The minimum atomic E-state index is -3.70. The summed E-state index contributed by atoms with van der Waals surface area (Å²) in [7, 11) is -3.70. The maximum Gasteiger partial charge on any atom is 0.279 e. The third kappa shape index (κ3) is 5.07. The Morgan fingerprint density at radius 2 is 1.74 bits per heavy atom. The van der Waals surface area contributed by atoms with Crippen LogP contribution >= 0.6 is 27.3 Å². The van der Waals surface area contributed by atoms with Gasteiger partial charge in [-0.25, -0.2) is 8.42 Å². The maximum absolute atomic E-state index is 13.2. The largest absolute Gasteiger partial charge is 0.317 e. The normalized spacial score (nSPS) is 12.5. The van der Waals surface area contributed by atoms with E-state index < -0.39 is 15.9 Å². The molecule has 4 aromatic rings. The Hall–Kier alpha value is -2.59. The summed E-state index contributed by atoms with van der Waals surface area (Å²) in [5.41, 5.74) is 2.27. The molecule has 1 aromatic heterocycles. The molecule has 34 heavy (non-hydrogen) atoms. The third-order valence-corrected chi connectivity index (χ3v) is 8.92. The summed E-state index contributed by atoms with van der Waals surface area (Å²) in [6, 6.07) is 21.4. The Morgan fingerprint density at radius 1 is 1.03 bits per heavy atom. The molecule has 1 amide bonds. The Labute approximate surface area is 211 Å². The van der Waals surface area contributed by atoms with Gasteiger partial charge in [-0.2, -0.15) is 9.30 Å². The minimum absolute atomic E-state index is 0.150. The molecule has 4 rings (SSSR count). The summed E-state index contributed by atoms with van der Waals surface area (Å²) >= 11 is 4.92.